The monoisotopic (exact) mass is 492 g/mol. The van der Waals surface area contributed by atoms with E-state index in [1.54, 1.807) is 35.6 Å². The number of amides is 1. The van der Waals surface area contributed by atoms with Gasteiger partial charge in [0.05, 0.1) is 17.2 Å². The third-order valence-electron chi connectivity index (χ3n) is 5.67. The molecular formula is C27H19F3N2O2S. The molecule has 0 saturated heterocycles. The van der Waals surface area contributed by atoms with Crippen LogP contribution in [0.15, 0.2) is 84.4 Å². The number of rotatable bonds is 5. The fourth-order valence-electron chi connectivity index (χ4n) is 3.89. The molecule has 3 aromatic carbocycles. The van der Waals surface area contributed by atoms with Crippen molar-refractivity contribution < 1.29 is 22.7 Å². The molecule has 0 fully saturated rings. The van der Waals surface area contributed by atoms with Gasteiger partial charge in [0.25, 0.3) is 5.91 Å². The largest absolute Gasteiger partial charge is 0.455 e. The first kappa shape index (κ1) is 22.9. The number of nitrogens with one attached hydrogen (secondary N) is 1. The molecule has 0 saturated carbocycles. The molecule has 1 amide bonds. The molecule has 0 bridgehead atoms. The van der Waals surface area contributed by atoms with Crippen LogP contribution in [0.5, 0.6) is 11.5 Å². The Morgan fingerprint density at radius 3 is 2.51 bits per heavy atom. The van der Waals surface area contributed by atoms with Crippen molar-refractivity contribution in [3.63, 3.8) is 0 Å². The Labute approximate surface area is 203 Å². The van der Waals surface area contributed by atoms with Gasteiger partial charge in [-0.3, -0.25) is 9.78 Å². The molecule has 0 unspecified atom stereocenters. The lowest BCUT2D eigenvalue weighted by Gasteiger charge is -2.16. The number of alkyl halides is 3. The van der Waals surface area contributed by atoms with Gasteiger partial charge in [-0.2, -0.15) is 13.2 Å². The number of benzene rings is 3. The summed E-state index contributed by atoms with van der Waals surface area (Å²) in [4.78, 5) is 17.4. The van der Waals surface area contributed by atoms with Crippen LogP contribution in [-0.2, 0) is 6.18 Å². The van der Waals surface area contributed by atoms with Crippen molar-refractivity contribution in [2.75, 3.05) is 0 Å². The summed E-state index contributed by atoms with van der Waals surface area (Å²) >= 11 is 1.64. The molecule has 8 heteroatoms. The Kier molecular flexibility index (Phi) is 5.90. The summed E-state index contributed by atoms with van der Waals surface area (Å²) in [6.45, 7) is 1.94. The number of nitrogens with zero attached hydrogens (tertiary/aromatic N) is 1. The molecule has 1 N–H and O–H groups in total. The highest BCUT2D eigenvalue weighted by molar-refractivity contribution is 7.17. The highest BCUT2D eigenvalue weighted by atomic mass is 32.1. The van der Waals surface area contributed by atoms with E-state index < -0.39 is 11.7 Å². The third-order valence-corrected chi connectivity index (χ3v) is 6.65. The summed E-state index contributed by atoms with van der Waals surface area (Å²) in [5, 5.41) is 6.88. The molecule has 0 aliphatic heterocycles. The Morgan fingerprint density at radius 2 is 1.74 bits per heavy atom. The van der Waals surface area contributed by atoms with Crippen molar-refractivity contribution in [3.05, 3.63) is 101 Å². The van der Waals surface area contributed by atoms with Gasteiger partial charge in [-0.15, -0.1) is 11.3 Å². The van der Waals surface area contributed by atoms with Crippen LogP contribution in [0, 0.1) is 0 Å². The topological polar surface area (TPSA) is 51.2 Å². The number of fused-ring (bicyclic) bond motifs is 2. The lowest BCUT2D eigenvalue weighted by Crippen LogP contribution is -2.26. The van der Waals surface area contributed by atoms with Crippen molar-refractivity contribution in [1.29, 1.82) is 0 Å². The molecule has 35 heavy (non-hydrogen) atoms. The van der Waals surface area contributed by atoms with E-state index in [-0.39, 0.29) is 17.7 Å². The van der Waals surface area contributed by atoms with Gasteiger partial charge in [0.2, 0.25) is 0 Å². The second kappa shape index (κ2) is 9.03. The van der Waals surface area contributed by atoms with Gasteiger partial charge in [-0.1, -0.05) is 30.3 Å². The zero-order valence-electron chi connectivity index (χ0n) is 18.5. The number of aromatic nitrogens is 1. The van der Waals surface area contributed by atoms with Crippen LogP contribution in [0.25, 0.3) is 21.0 Å². The maximum absolute atomic E-state index is 13.0. The summed E-state index contributed by atoms with van der Waals surface area (Å²) in [6, 6.07) is 19.3. The van der Waals surface area contributed by atoms with E-state index >= 15 is 0 Å². The van der Waals surface area contributed by atoms with Crippen molar-refractivity contribution in [2.45, 2.75) is 19.1 Å². The standard InChI is InChI=1S/C27H19F3N2O2S/c1-16(22-6-2-4-17-12-13-35-25(17)22)32-26(33)19-14-18-5-3-7-23(24(18)31-15-19)34-21-10-8-20(9-11-21)27(28,29)30/h2-16H,1H3,(H,32,33)/t16-/m1/s1. The van der Waals surface area contributed by atoms with Crippen molar-refractivity contribution in [2.24, 2.45) is 0 Å². The zero-order chi connectivity index (χ0) is 24.6. The minimum absolute atomic E-state index is 0.199. The average molecular weight is 493 g/mol. The number of hydrogen-bond donors (Lipinski definition) is 1. The molecule has 2 aromatic heterocycles. The molecule has 0 aliphatic carbocycles. The lowest BCUT2D eigenvalue weighted by molar-refractivity contribution is -0.137. The second-order valence-electron chi connectivity index (χ2n) is 8.06. The highest BCUT2D eigenvalue weighted by Crippen LogP contribution is 2.33. The first-order valence-corrected chi connectivity index (χ1v) is 11.7. The third kappa shape index (κ3) is 4.70. The van der Waals surface area contributed by atoms with E-state index in [1.807, 2.05) is 30.5 Å². The number of hydrogen-bond acceptors (Lipinski definition) is 4. The highest BCUT2D eigenvalue weighted by Gasteiger charge is 2.30. The van der Waals surface area contributed by atoms with Crippen LogP contribution >= 0.6 is 11.3 Å². The molecule has 4 nitrogen and oxygen atoms in total. The van der Waals surface area contributed by atoms with Crippen molar-refractivity contribution >= 4 is 38.2 Å². The van der Waals surface area contributed by atoms with Gasteiger partial charge < -0.3 is 10.1 Å². The first-order valence-electron chi connectivity index (χ1n) is 10.8. The summed E-state index contributed by atoms with van der Waals surface area (Å²) in [7, 11) is 0. The predicted octanol–water partition coefficient (Wildman–Crippen LogP) is 7.75. The van der Waals surface area contributed by atoms with Crippen LogP contribution in [0.2, 0.25) is 0 Å². The number of halogens is 3. The van der Waals surface area contributed by atoms with Gasteiger partial charge in [-0.25, -0.2) is 0 Å². The Morgan fingerprint density at radius 1 is 1.00 bits per heavy atom. The normalized spacial score (nSPS) is 12.6. The van der Waals surface area contributed by atoms with Crippen LogP contribution in [0.3, 0.4) is 0 Å². The van der Waals surface area contributed by atoms with Gasteiger partial charge in [0.1, 0.15) is 11.3 Å². The van der Waals surface area contributed by atoms with E-state index in [0.717, 1.165) is 27.8 Å². The second-order valence-corrected chi connectivity index (χ2v) is 8.97. The number of pyridine rings is 1. The SMILES string of the molecule is C[C@@H](NC(=O)c1cnc2c(Oc3ccc(C(F)(F)F)cc3)cccc2c1)c1cccc2ccsc12. The number of para-hydroxylation sites is 1. The minimum Gasteiger partial charge on any atom is -0.455 e. The molecule has 176 valence electrons. The van der Waals surface area contributed by atoms with Gasteiger partial charge >= 0.3 is 6.18 Å². The molecule has 2 heterocycles. The average Bonchev–Trinajstić information content (AvgIpc) is 3.33. The molecule has 1 atom stereocenters. The number of thiophene rings is 1. The molecule has 0 spiro atoms. The summed E-state index contributed by atoms with van der Waals surface area (Å²) in [6.07, 6.45) is -2.94. The van der Waals surface area contributed by atoms with Crippen LogP contribution in [0.4, 0.5) is 13.2 Å². The van der Waals surface area contributed by atoms with Crippen molar-refractivity contribution in [1.82, 2.24) is 10.3 Å². The number of ether oxygens (including phenoxy) is 1. The quantitative estimate of drug-likeness (QED) is 0.273. The van der Waals surface area contributed by atoms with Gasteiger partial charge in [-0.05, 0) is 65.7 Å². The molecule has 0 aliphatic rings. The molecule has 5 rings (SSSR count). The number of carbonyl (C=O) groups is 1. The van der Waals surface area contributed by atoms with E-state index in [9.17, 15) is 18.0 Å². The minimum atomic E-state index is -4.41. The van der Waals surface area contributed by atoms with Crippen LogP contribution in [0.1, 0.15) is 34.5 Å². The molecule has 5 aromatic rings. The maximum Gasteiger partial charge on any atom is 0.416 e. The van der Waals surface area contributed by atoms with Crippen LogP contribution < -0.4 is 10.1 Å². The van der Waals surface area contributed by atoms with E-state index in [4.69, 9.17) is 4.74 Å². The predicted molar refractivity (Wildman–Crippen MR) is 131 cm³/mol. The van der Waals surface area contributed by atoms with Crippen molar-refractivity contribution in [3.8, 4) is 11.5 Å². The lowest BCUT2D eigenvalue weighted by atomic mass is 10.1. The van der Waals surface area contributed by atoms with E-state index in [1.165, 1.54) is 18.3 Å². The summed E-state index contributed by atoms with van der Waals surface area (Å²) in [5.41, 5.74) is 1.20. The fourth-order valence-corrected chi connectivity index (χ4v) is 4.90. The van der Waals surface area contributed by atoms with Gasteiger partial charge in [0.15, 0.2) is 5.75 Å². The first-order chi connectivity index (χ1) is 16.8. The Bertz CT molecular complexity index is 1530. The fraction of sp³-hybridized carbons (Fsp3) is 0.111. The summed E-state index contributed by atoms with van der Waals surface area (Å²) < 4.78 is 45.3. The maximum atomic E-state index is 13.0. The smallest absolute Gasteiger partial charge is 0.416 e. The van der Waals surface area contributed by atoms with E-state index in [0.29, 0.717) is 22.2 Å². The summed E-state index contributed by atoms with van der Waals surface area (Å²) in [5.74, 6) is 0.382. The van der Waals surface area contributed by atoms with Gasteiger partial charge in [0, 0.05) is 16.3 Å². The Hall–Kier alpha value is -3.91. The zero-order valence-corrected chi connectivity index (χ0v) is 19.3. The van der Waals surface area contributed by atoms with Crippen LogP contribution in [-0.4, -0.2) is 10.9 Å². The molecular weight excluding hydrogens is 473 g/mol. The number of carbonyl (C=O) groups excluding carboxylic acids is 1. The molecule has 0 radical (unpaired) electrons. The Balaban J connectivity index is 1.36. The van der Waals surface area contributed by atoms with E-state index in [2.05, 4.69) is 16.4 Å².